The van der Waals surface area contributed by atoms with Crippen LogP contribution < -0.4 is 0 Å². The molecule has 0 amide bonds. The van der Waals surface area contributed by atoms with Crippen molar-refractivity contribution in [1.29, 1.82) is 0 Å². The van der Waals surface area contributed by atoms with Gasteiger partial charge >= 0.3 is 5.97 Å². The lowest BCUT2D eigenvalue weighted by molar-refractivity contribution is -0.131. The predicted octanol–water partition coefficient (Wildman–Crippen LogP) is 2.94. The van der Waals surface area contributed by atoms with Crippen LogP contribution in [0.2, 0.25) is 0 Å². The van der Waals surface area contributed by atoms with Crippen molar-refractivity contribution < 1.29 is 9.90 Å². The van der Waals surface area contributed by atoms with Crippen LogP contribution in [0.5, 0.6) is 0 Å². The summed E-state index contributed by atoms with van der Waals surface area (Å²) in [7, 11) is 0. The van der Waals surface area contributed by atoms with E-state index in [4.69, 9.17) is 5.11 Å². The predicted molar refractivity (Wildman–Crippen MR) is 60.7 cm³/mol. The Morgan fingerprint density at radius 3 is 3.00 bits per heavy atom. The maximum Gasteiger partial charge on any atom is 0.328 e. The molecule has 1 aliphatic carbocycles. The van der Waals surface area contributed by atoms with Crippen LogP contribution in [0.15, 0.2) is 12.2 Å². The van der Waals surface area contributed by atoms with Crippen LogP contribution in [-0.4, -0.2) is 22.1 Å². The van der Waals surface area contributed by atoms with Crippen molar-refractivity contribution in [3.05, 3.63) is 12.2 Å². The zero-order valence-corrected chi connectivity index (χ0v) is 9.43. The number of thioether (sulfide) groups is 1. The smallest absolute Gasteiger partial charge is 0.328 e. The minimum absolute atomic E-state index is 0.747. The minimum atomic E-state index is -0.845. The Labute approximate surface area is 89.8 Å². The topological polar surface area (TPSA) is 37.3 Å². The Hall–Kier alpha value is -0.440. The van der Waals surface area contributed by atoms with E-state index in [1.165, 1.54) is 31.8 Å². The third-order valence-corrected chi connectivity index (χ3v) is 3.86. The molecule has 2 nitrogen and oxygen atoms in total. The molecule has 1 N–H and O–H groups in total. The average Bonchev–Trinajstić information content (AvgIpc) is 2.12. The summed E-state index contributed by atoms with van der Waals surface area (Å²) in [4.78, 5) is 10.2. The SMILES string of the molecule is CC1CCCC(SCC=CC(=O)O)C1. The van der Waals surface area contributed by atoms with Gasteiger partial charge in [-0.15, -0.1) is 0 Å². The fourth-order valence-electron chi connectivity index (χ4n) is 1.87. The van der Waals surface area contributed by atoms with Crippen molar-refractivity contribution in [1.82, 2.24) is 0 Å². The van der Waals surface area contributed by atoms with Crippen LogP contribution in [-0.2, 0) is 4.79 Å². The summed E-state index contributed by atoms with van der Waals surface area (Å²) in [5.74, 6) is 0.844. The van der Waals surface area contributed by atoms with Gasteiger partial charge in [-0.3, -0.25) is 0 Å². The van der Waals surface area contributed by atoms with Gasteiger partial charge in [0.25, 0.3) is 0 Å². The highest BCUT2D eigenvalue weighted by atomic mass is 32.2. The molecule has 1 saturated carbocycles. The van der Waals surface area contributed by atoms with Gasteiger partial charge in [0.15, 0.2) is 0 Å². The Morgan fingerprint density at radius 1 is 1.57 bits per heavy atom. The minimum Gasteiger partial charge on any atom is -0.478 e. The average molecular weight is 214 g/mol. The lowest BCUT2D eigenvalue weighted by Gasteiger charge is -2.25. The summed E-state index contributed by atoms with van der Waals surface area (Å²) in [6.07, 6.45) is 8.27. The van der Waals surface area contributed by atoms with Gasteiger partial charge in [-0.1, -0.05) is 25.8 Å². The molecule has 0 radical (unpaired) electrons. The first-order valence-corrected chi connectivity index (χ1v) is 6.24. The van der Waals surface area contributed by atoms with Gasteiger partial charge in [-0.2, -0.15) is 11.8 Å². The van der Waals surface area contributed by atoms with E-state index in [2.05, 4.69) is 6.92 Å². The van der Waals surface area contributed by atoms with Gasteiger partial charge in [-0.05, 0) is 18.8 Å². The van der Waals surface area contributed by atoms with Crippen molar-refractivity contribution in [2.75, 3.05) is 5.75 Å². The van der Waals surface area contributed by atoms with Gasteiger partial charge in [-0.25, -0.2) is 4.79 Å². The molecule has 0 bridgehead atoms. The van der Waals surface area contributed by atoms with Gasteiger partial charge in [0.05, 0.1) is 0 Å². The normalized spacial score (nSPS) is 28.1. The van der Waals surface area contributed by atoms with Gasteiger partial charge in [0.2, 0.25) is 0 Å². The molecular weight excluding hydrogens is 196 g/mol. The molecule has 0 saturated heterocycles. The van der Waals surface area contributed by atoms with Crippen LogP contribution in [0.25, 0.3) is 0 Å². The van der Waals surface area contributed by atoms with Crippen molar-refractivity contribution >= 4 is 17.7 Å². The summed E-state index contributed by atoms with van der Waals surface area (Å²) >= 11 is 1.89. The summed E-state index contributed by atoms with van der Waals surface area (Å²) in [5.41, 5.74) is 0. The van der Waals surface area contributed by atoms with E-state index in [0.29, 0.717) is 0 Å². The van der Waals surface area contributed by atoms with Crippen LogP contribution >= 0.6 is 11.8 Å². The summed E-state index contributed by atoms with van der Waals surface area (Å²) < 4.78 is 0. The van der Waals surface area contributed by atoms with Crippen molar-refractivity contribution in [3.8, 4) is 0 Å². The molecule has 80 valence electrons. The fourth-order valence-corrected chi connectivity index (χ4v) is 3.15. The Bertz CT molecular complexity index is 213. The number of rotatable bonds is 4. The third kappa shape index (κ3) is 4.70. The van der Waals surface area contributed by atoms with E-state index < -0.39 is 5.97 Å². The van der Waals surface area contributed by atoms with E-state index in [1.807, 2.05) is 11.8 Å². The van der Waals surface area contributed by atoms with Crippen LogP contribution in [0, 0.1) is 5.92 Å². The Balaban J connectivity index is 2.14. The third-order valence-electron chi connectivity index (χ3n) is 2.58. The molecule has 0 aromatic heterocycles. The second kappa shape index (κ2) is 6.12. The maximum absolute atomic E-state index is 10.2. The lowest BCUT2D eigenvalue weighted by Crippen LogP contribution is -2.15. The molecule has 1 aliphatic rings. The number of aliphatic carboxylic acids is 1. The summed E-state index contributed by atoms with van der Waals surface area (Å²) in [5, 5.41) is 9.14. The van der Waals surface area contributed by atoms with Crippen molar-refractivity contribution in [2.24, 2.45) is 5.92 Å². The summed E-state index contributed by atoms with van der Waals surface area (Å²) in [6.45, 7) is 2.31. The zero-order valence-electron chi connectivity index (χ0n) is 8.61. The lowest BCUT2D eigenvalue weighted by atomic mass is 9.91. The molecule has 2 atom stereocenters. The van der Waals surface area contributed by atoms with E-state index in [9.17, 15) is 4.79 Å². The van der Waals surface area contributed by atoms with Crippen LogP contribution in [0.3, 0.4) is 0 Å². The molecule has 0 aliphatic heterocycles. The number of carboxylic acids is 1. The van der Waals surface area contributed by atoms with Crippen molar-refractivity contribution in [2.45, 2.75) is 37.9 Å². The summed E-state index contributed by atoms with van der Waals surface area (Å²) in [6, 6.07) is 0. The second-order valence-electron chi connectivity index (χ2n) is 3.97. The Kier molecular flexibility index (Phi) is 5.09. The molecule has 14 heavy (non-hydrogen) atoms. The molecule has 0 heterocycles. The number of carbonyl (C=O) groups is 1. The monoisotopic (exact) mass is 214 g/mol. The fraction of sp³-hybridized carbons (Fsp3) is 0.727. The molecule has 0 spiro atoms. The van der Waals surface area contributed by atoms with E-state index >= 15 is 0 Å². The quantitative estimate of drug-likeness (QED) is 0.731. The number of carboxylic acid groups (broad SMARTS) is 1. The highest BCUT2D eigenvalue weighted by Gasteiger charge is 2.18. The highest BCUT2D eigenvalue weighted by molar-refractivity contribution is 8.00. The standard InChI is InChI=1S/C11H18O2S/c1-9-4-2-5-10(8-9)14-7-3-6-11(12)13/h3,6,9-10H,2,4-5,7-8H2,1H3,(H,12,13). The Morgan fingerprint density at radius 2 is 2.36 bits per heavy atom. The molecule has 2 unspecified atom stereocenters. The second-order valence-corrected chi connectivity index (χ2v) is 5.30. The largest absolute Gasteiger partial charge is 0.478 e. The molecular formula is C11H18O2S. The molecule has 1 fully saturated rings. The highest BCUT2D eigenvalue weighted by Crippen LogP contribution is 2.31. The van der Waals surface area contributed by atoms with Crippen LogP contribution in [0.1, 0.15) is 32.6 Å². The molecule has 3 heteroatoms. The first-order valence-electron chi connectivity index (χ1n) is 5.19. The first kappa shape index (κ1) is 11.6. The molecule has 0 aromatic carbocycles. The van der Waals surface area contributed by atoms with Crippen molar-refractivity contribution in [3.63, 3.8) is 0 Å². The molecule has 1 rings (SSSR count). The van der Waals surface area contributed by atoms with Gasteiger partial charge in [0.1, 0.15) is 0 Å². The zero-order chi connectivity index (χ0) is 10.4. The number of hydrogen-bond donors (Lipinski definition) is 1. The van der Waals surface area contributed by atoms with Gasteiger partial charge in [0, 0.05) is 17.1 Å². The number of hydrogen-bond acceptors (Lipinski definition) is 2. The van der Waals surface area contributed by atoms with Crippen LogP contribution in [0.4, 0.5) is 0 Å². The van der Waals surface area contributed by atoms with Gasteiger partial charge < -0.3 is 5.11 Å². The first-order chi connectivity index (χ1) is 6.68. The molecule has 0 aromatic rings. The van der Waals surface area contributed by atoms with E-state index in [0.717, 1.165) is 16.9 Å². The maximum atomic E-state index is 10.2. The van der Waals surface area contributed by atoms with E-state index in [-0.39, 0.29) is 0 Å². The van der Waals surface area contributed by atoms with E-state index in [1.54, 1.807) is 6.08 Å².